The van der Waals surface area contributed by atoms with E-state index in [-0.39, 0.29) is 31.2 Å². The third kappa shape index (κ3) is 4.35. The number of hydrogen-bond acceptors (Lipinski definition) is 5. The van der Waals surface area contributed by atoms with Gasteiger partial charge in [0.25, 0.3) is 5.91 Å². The Morgan fingerprint density at radius 3 is 2.71 bits per heavy atom. The van der Waals surface area contributed by atoms with E-state index in [9.17, 15) is 14.4 Å². The van der Waals surface area contributed by atoms with Crippen LogP contribution in [0.2, 0.25) is 0 Å². The highest BCUT2D eigenvalue weighted by molar-refractivity contribution is 6.04. The number of carbonyl (C=O) groups is 3. The van der Waals surface area contributed by atoms with Crippen molar-refractivity contribution in [3.8, 4) is 5.75 Å². The lowest BCUT2D eigenvalue weighted by molar-refractivity contribution is -0.128. The highest BCUT2D eigenvalue weighted by Crippen LogP contribution is 2.20. The molecule has 9 heteroatoms. The number of carbonyl (C=O) groups excluding carboxylic acids is 3. The maximum Gasteiger partial charge on any atom is 0.325 e. The SMILES string of the molecule is COc1ccc(CN2C(=O)NC(CCC(=O)Nc3ccc4c(c3)ncn4C)C2=O)cc1. The van der Waals surface area contributed by atoms with Gasteiger partial charge in [0.1, 0.15) is 11.8 Å². The summed E-state index contributed by atoms with van der Waals surface area (Å²) in [4.78, 5) is 42.7. The van der Waals surface area contributed by atoms with E-state index in [1.54, 1.807) is 49.8 Å². The first-order valence-electron chi connectivity index (χ1n) is 9.90. The van der Waals surface area contributed by atoms with Crippen molar-refractivity contribution in [1.29, 1.82) is 0 Å². The van der Waals surface area contributed by atoms with Crippen LogP contribution in [0.4, 0.5) is 10.5 Å². The number of nitrogens with zero attached hydrogens (tertiary/aromatic N) is 3. The summed E-state index contributed by atoms with van der Waals surface area (Å²) in [6, 6.07) is 11.5. The number of amides is 4. The molecule has 1 aliphatic rings. The fourth-order valence-electron chi connectivity index (χ4n) is 3.55. The standard InChI is InChI=1S/C22H23N5O4/c1-26-13-23-18-11-15(5-9-19(18)26)24-20(28)10-8-17-21(29)27(22(30)25-17)12-14-3-6-16(31-2)7-4-14/h3-7,9,11,13,17H,8,10,12H2,1-2H3,(H,24,28)(H,25,30). The van der Waals surface area contributed by atoms with Gasteiger partial charge in [0.05, 0.1) is 31.0 Å². The zero-order chi connectivity index (χ0) is 22.0. The number of benzene rings is 2. The second kappa shape index (κ2) is 8.47. The van der Waals surface area contributed by atoms with Crippen LogP contribution < -0.4 is 15.4 Å². The first-order chi connectivity index (χ1) is 14.9. The molecule has 1 saturated heterocycles. The van der Waals surface area contributed by atoms with Gasteiger partial charge in [-0.25, -0.2) is 9.78 Å². The second-order valence-electron chi connectivity index (χ2n) is 7.42. The van der Waals surface area contributed by atoms with Gasteiger partial charge in [0, 0.05) is 19.2 Å². The van der Waals surface area contributed by atoms with Crippen molar-refractivity contribution in [2.75, 3.05) is 12.4 Å². The molecule has 3 aromatic rings. The summed E-state index contributed by atoms with van der Waals surface area (Å²) >= 11 is 0. The number of aromatic nitrogens is 2. The molecule has 31 heavy (non-hydrogen) atoms. The van der Waals surface area contributed by atoms with E-state index in [4.69, 9.17) is 4.74 Å². The molecule has 1 aliphatic heterocycles. The quantitative estimate of drug-likeness (QED) is 0.570. The van der Waals surface area contributed by atoms with Crippen molar-refractivity contribution in [3.63, 3.8) is 0 Å². The molecule has 9 nitrogen and oxygen atoms in total. The molecule has 4 rings (SSSR count). The van der Waals surface area contributed by atoms with Crippen molar-refractivity contribution in [2.24, 2.45) is 7.05 Å². The molecule has 1 unspecified atom stereocenters. The summed E-state index contributed by atoms with van der Waals surface area (Å²) in [6.45, 7) is 0.168. The van der Waals surface area contributed by atoms with Crippen molar-refractivity contribution in [3.05, 3.63) is 54.4 Å². The van der Waals surface area contributed by atoms with Crippen molar-refractivity contribution in [2.45, 2.75) is 25.4 Å². The maximum atomic E-state index is 12.6. The van der Waals surface area contributed by atoms with Gasteiger partial charge in [-0.3, -0.25) is 14.5 Å². The van der Waals surface area contributed by atoms with Crippen LogP contribution in [0, 0.1) is 0 Å². The Labute approximate surface area is 179 Å². The number of aryl methyl sites for hydroxylation is 1. The number of anilines is 1. The average molecular weight is 421 g/mol. The third-order valence-electron chi connectivity index (χ3n) is 5.28. The molecule has 0 radical (unpaired) electrons. The lowest BCUT2D eigenvalue weighted by atomic mass is 10.1. The minimum atomic E-state index is -0.713. The molecule has 2 aromatic carbocycles. The first kappa shape index (κ1) is 20.4. The van der Waals surface area contributed by atoms with Gasteiger partial charge in [-0.1, -0.05) is 12.1 Å². The molecular formula is C22H23N5O4. The topological polar surface area (TPSA) is 106 Å². The van der Waals surface area contributed by atoms with Gasteiger partial charge in [-0.15, -0.1) is 0 Å². The number of fused-ring (bicyclic) bond motifs is 1. The van der Waals surface area contributed by atoms with Gasteiger partial charge in [0.2, 0.25) is 5.91 Å². The molecular weight excluding hydrogens is 398 g/mol. The zero-order valence-electron chi connectivity index (χ0n) is 17.3. The summed E-state index contributed by atoms with van der Waals surface area (Å²) in [6.07, 6.45) is 2.04. The highest BCUT2D eigenvalue weighted by Gasteiger charge is 2.37. The zero-order valence-corrected chi connectivity index (χ0v) is 17.3. The lowest BCUT2D eigenvalue weighted by Crippen LogP contribution is -2.31. The summed E-state index contributed by atoms with van der Waals surface area (Å²) in [5, 5.41) is 5.48. The molecule has 2 N–H and O–H groups in total. The van der Waals surface area contributed by atoms with Gasteiger partial charge in [-0.05, 0) is 42.3 Å². The molecule has 0 saturated carbocycles. The van der Waals surface area contributed by atoms with E-state index in [1.165, 1.54) is 4.90 Å². The molecule has 1 aromatic heterocycles. The van der Waals surface area contributed by atoms with Gasteiger partial charge in [-0.2, -0.15) is 0 Å². The average Bonchev–Trinajstić information content (AvgIpc) is 3.26. The predicted molar refractivity (Wildman–Crippen MR) is 114 cm³/mol. The Morgan fingerprint density at radius 2 is 1.97 bits per heavy atom. The third-order valence-corrected chi connectivity index (χ3v) is 5.28. The minimum absolute atomic E-state index is 0.104. The van der Waals surface area contributed by atoms with E-state index in [1.807, 2.05) is 17.7 Å². The Hall–Kier alpha value is -3.88. The predicted octanol–water partition coefficient (Wildman–Crippen LogP) is 2.42. The van der Waals surface area contributed by atoms with Crippen LogP contribution in [0.3, 0.4) is 0 Å². The van der Waals surface area contributed by atoms with E-state index in [2.05, 4.69) is 15.6 Å². The highest BCUT2D eigenvalue weighted by atomic mass is 16.5. The molecule has 2 heterocycles. The number of urea groups is 1. The van der Waals surface area contributed by atoms with Crippen LogP contribution in [0.5, 0.6) is 5.75 Å². The van der Waals surface area contributed by atoms with Crippen LogP contribution in [0.15, 0.2) is 48.8 Å². The molecule has 0 spiro atoms. The van der Waals surface area contributed by atoms with Crippen LogP contribution in [-0.2, 0) is 23.2 Å². The monoisotopic (exact) mass is 421 g/mol. The number of methoxy groups -OCH3 is 1. The van der Waals surface area contributed by atoms with E-state index < -0.39 is 12.1 Å². The Kier molecular flexibility index (Phi) is 5.57. The molecule has 160 valence electrons. The van der Waals surface area contributed by atoms with Crippen molar-refractivity contribution >= 4 is 34.6 Å². The number of imide groups is 1. The maximum absolute atomic E-state index is 12.6. The second-order valence-corrected chi connectivity index (χ2v) is 7.42. The normalized spacial score (nSPS) is 15.9. The van der Waals surface area contributed by atoms with E-state index >= 15 is 0 Å². The fourth-order valence-corrected chi connectivity index (χ4v) is 3.55. The minimum Gasteiger partial charge on any atom is -0.497 e. The number of nitrogens with one attached hydrogen (secondary N) is 2. The molecule has 1 atom stereocenters. The van der Waals surface area contributed by atoms with Crippen molar-refractivity contribution in [1.82, 2.24) is 19.8 Å². The summed E-state index contributed by atoms with van der Waals surface area (Å²) < 4.78 is 7.01. The molecule has 0 aliphatic carbocycles. The van der Waals surface area contributed by atoms with Crippen LogP contribution in [0.1, 0.15) is 18.4 Å². The van der Waals surface area contributed by atoms with Gasteiger partial charge in [0.15, 0.2) is 0 Å². The molecule has 4 amide bonds. The number of ether oxygens (including phenoxy) is 1. The largest absolute Gasteiger partial charge is 0.497 e. The van der Waals surface area contributed by atoms with Crippen LogP contribution >= 0.6 is 0 Å². The number of imidazole rings is 1. The number of hydrogen-bond donors (Lipinski definition) is 2. The lowest BCUT2D eigenvalue weighted by Gasteiger charge is -2.13. The Morgan fingerprint density at radius 1 is 1.19 bits per heavy atom. The van der Waals surface area contributed by atoms with E-state index in [0.29, 0.717) is 11.4 Å². The Bertz CT molecular complexity index is 1140. The van der Waals surface area contributed by atoms with Gasteiger partial charge >= 0.3 is 6.03 Å². The number of rotatable bonds is 7. The van der Waals surface area contributed by atoms with Gasteiger partial charge < -0.3 is 19.9 Å². The molecule has 0 bridgehead atoms. The summed E-state index contributed by atoms with van der Waals surface area (Å²) in [5.41, 5.74) is 3.20. The van der Waals surface area contributed by atoms with E-state index in [0.717, 1.165) is 16.6 Å². The fraction of sp³-hybridized carbons (Fsp3) is 0.273. The van der Waals surface area contributed by atoms with Crippen LogP contribution in [-0.4, -0.2) is 45.4 Å². The summed E-state index contributed by atoms with van der Waals surface area (Å²) in [5.74, 6) is 0.140. The van der Waals surface area contributed by atoms with Crippen molar-refractivity contribution < 1.29 is 19.1 Å². The smallest absolute Gasteiger partial charge is 0.325 e. The van der Waals surface area contributed by atoms with Crippen LogP contribution in [0.25, 0.3) is 11.0 Å². The Balaban J connectivity index is 1.31. The molecule has 1 fully saturated rings. The summed E-state index contributed by atoms with van der Waals surface area (Å²) in [7, 11) is 3.47. The first-order valence-corrected chi connectivity index (χ1v) is 9.90.